The number of phenols is 1. The zero-order chi connectivity index (χ0) is 9.10. The third-order valence-corrected chi connectivity index (χ3v) is 1.75. The molecule has 1 aromatic carbocycles. The first kappa shape index (κ1) is 7.73. The minimum atomic E-state index is 0.225. The summed E-state index contributed by atoms with van der Waals surface area (Å²) in [5.41, 5.74) is 1.39. The van der Waals surface area contributed by atoms with Crippen molar-refractivity contribution in [3.63, 3.8) is 0 Å². The molecule has 3 heteroatoms. The summed E-state index contributed by atoms with van der Waals surface area (Å²) in [5, 5.41) is 17.1. The second kappa shape index (κ2) is 3.23. The normalized spacial score (nSPS) is 9.85. The number of phenolic OH excluding ortho intramolecular Hbond substituents is 1. The average Bonchev–Trinajstić information content (AvgIpc) is 2.20. The fraction of sp³-hybridized carbons (Fsp3) is 0. The molecule has 0 amide bonds. The molecule has 0 aliphatic carbocycles. The summed E-state index contributed by atoms with van der Waals surface area (Å²) in [6.07, 6.45) is 1.60. The van der Waals surface area contributed by atoms with E-state index in [2.05, 4.69) is 10.2 Å². The number of benzene rings is 1. The average molecular weight is 172 g/mol. The Labute approximate surface area is 75.7 Å². The molecule has 0 saturated carbocycles. The zero-order valence-corrected chi connectivity index (χ0v) is 6.88. The van der Waals surface area contributed by atoms with Gasteiger partial charge in [-0.15, -0.1) is 0 Å². The van der Waals surface area contributed by atoms with Gasteiger partial charge in [0.2, 0.25) is 0 Å². The Morgan fingerprint density at radius 2 is 1.85 bits per heavy atom. The van der Waals surface area contributed by atoms with Gasteiger partial charge in [0.15, 0.2) is 0 Å². The van der Waals surface area contributed by atoms with Gasteiger partial charge in [-0.2, -0.15) is 10.2 Å². The third-order valence-electron chi connectivity index (χ3n) is 1.75. The first-order chi connectivity index (χ1) is 6.38. The summed E-state index contributed by atoms with van der Waals surface area (Å²) in [4.78, 5) is 0. The van der Waals surface area contributed by atoms with Gasteiger partial charge < -0.3 is 5.11 Å². The van der Waals surface area contributed by atoms with Crippen molar-refractivity contribution in [1.82, 2.24) is 10.2 Å². The van der Waals surface area contributed by atoms with Crippen LogP contribution in [0.25, 0.3) is 11.3 Å². The van der Waals surface area contributed by atoms with E-state index in [-0.39, 0.29) is 5.75 Å². The van der Waals surface area contributed by atoms with Crippen LogP contribution in [0.2, 0.25) is 0 Å². The van der Waals surface area contributed by atoms with Crippen molar-refractivity contribution in [2.45, 2.75) is 0 Å². The topological polar surface area (TPSA) is 46.0 Å². The molecule has 2 aromatic rings. The van der Waals surface area contributed by atoms with Gasteiger partial charge >= 0.3 is 0 Å². The van der Waals surface area contributed by atoms with Crippen LogP contribution in [0.1, 0.15) is 0 Å². The standard InChI is InChI=1S/C10H8N2O/c13-10-6-2-1-4-8(10)9-5-3-7-11-12-9/h1-7,13H. The Morgan fingerprint density at radius 1 is 1.00 bits per heavy atom. The molecule has 64 valence electrons. The molecule has 0 aliphatic rings. The van der Waals surface area contributed by atoms with E-state index in [1.807, 2.05) is 12.1 Å². The van der Waals surface area contributed by atoms with Crippen LogP contribution in [0, 0.1) is 0 Å². The van der Waals surface area contributed by atoms with E-state index < -0.39 is 0 Å². The van der Waals surface area contributed by atoms with Gasteiger partial charge in [0, 0.05) is 11.8 Å². The van der Waals surface area contributed by atoms with Gasteiger partial charge in [0.05, 0.1) is 5.69 Å². The molecule has 0 fully saturated rings. The maximum Gasteiger partial charge on any atom is 0.125 e. The fourth-order valence-electron chi connectivity index (χ4n) is 1.14. The summed E-state index contributed by atoms with van der Waals surface area (Å²) in [5.74, 6) is 0.225. The number of aromatic nitrogens is 2. The van der Waals surface area contributed by atoms with Gasteiger partial charge in [0.1, 0.15) is 5.75 Å². The summed E-state index contributed by atoms with van der Waals surface area (Å²) in [6.45, 7) is 0. The number of rotatable bonds is 1. The van der Waals surface area contributed by atoms with Crippen LogP contribution in [0.4, 0.5) is 0 Å². The van der Waals surface area contributed by atoms with Crippen LogP contribution >= 0.6 is 0 Å². The van der Waals surface area contributed by atoms with E-state index >= 15 is 0 Å². The van der Waals surface area contributed by atoms with Gasteiger partial charge in [-0.1, -0.05) is 12.1 Å². The molecule has 1 N–H and O–H groups in total. The number of nitrogens with zero attached hydrogens (tertiary/aromatic N) is 2. The van der Waals surface area contributed by atoms with Crippen LogP contribution in [-0.2, 0) is 0 Å². The fourth-order valence-corrected chi connectivity index (χ4v) is 1.14. The van der Waals surface area contributed by atoms with Crippen molar-refractivity contribution in [2.24, 2.45) is 0 Å². The molecule has 2 rings (SSSR count). The highest BCUT2D eigenvalue weighted by atomic mass is 16.3. The van der Waals surface area contributed by atoms with E-state index in [0.29, 0.717) is 11.3 Å². The molecular weight excluding hydrogens is 164 g/mol. The molecule has 0 atom stereocenters. The van der Waals surface area contributed by atoms with Gasteiger partial charge in [-0.25, -0.2) is 0 Å². The largest absolute Gasteiger partial charge is 0.507 e. The van der Waals surface area contributed by atoms with E-state index in [1.165, 1.54) is 0 Å². The summed E-state index contributed by atoms with van der Waals surface area (Å²) < 4.78 is 0. The van der Waals surface area contributed by atoms with Gasteiger partial charge in [0.25, 0.3) is 0 Å². The maximum atomic E-state index is 9.50. The molecule has 0 bridgehead atoms. The van der Waals surface area contributed by atoms with Crippen molar-refractivity contribution < 1.29 is 5.11 Å². The van der Waals surface area contributed by atoms with E-state index in [4.69, 9.17) is 0 Å². The molecule has 0 spiro atoms. The quantitative estimate of drug-likeness (QED) is 0.714. The van der Waals surface area contributed by atoms with Crippen molar-refractivity contribution in [3.8, 4) is 17.0 Å². The van der Waals surface area contributed by atoms with Crippen LogP contribution in [0.15, 0.2) is 42.6 Å². The summed E-state index contributed by atoms with van der Waals surface area (Å²) in [7, 11) is 0. The van der Waals surface area contributed by atoms with Gasteiger partial charge in [-0.3, -0.25) is 0 Å². The molecule has 3 nitrogen and oxygen atoms in total. The number of hydrogen-bond acceptors (Lipinski definition) is 3. The smallest absolute Gasteiger partial charge is 0.125 e. The predicted octanol–water partition coefficient (Wildman–Crippen LogP) is 1.85. The highest BCUT2D eigenvalue weighted by Crippen LogP contribution is 2.25. The number of aromatic hydroxyl groups is 1. The second-order valence-electron chi connectivity index (χ2n) is 2.63. The van der Waals surface area contributed by atoms with Crippen LogP contribution < -0.4 is 0 Å². The van der Waals surface area contributed by atoms with Crippen LogP contribution in [-0.4, -0.2) is 15.3 Å². The summed E-state index contributed by atoms with van der Waals surface area (Å²) >= 11 is 0. The van der Waals surface area contributed by atoms with Crippen molar-refractivity contribution in [2.75, 3.05) is 0 Å². The Bertz CT molecular complexity index is 401. The molecule has 0 aliphatic heterocycles. The lowest BCUT2D eigenvalue weighted by molar-refractivity contribution is 0.477. The SMILES string of the molecule is Oc1ccccc1-c1cccnn1. The molecular formula is C10H8N2O. The molecule has 0 saturated heterocycles. The summed E-state index contributed by atoms with van der Waals surface area (Å²) in [6, 6.07) is 10.7. The van der Waals surface area contributed by atoms with E-state index in [0.717, 1.165) is 0 Å². The lowest BCUT2D eigenvalue weighted by Gasteiger charge is -2.00. The number of para-hydroxylation sites is 1. The lowest BCUT2D eigenvalue weighted by atomic mass is 10.1. The third kappa shape index (κ3) is 1.49. The zero-order valence-electron chi connectivity index (χ0n) is 6.88. The Balaban J connectivity index is 2.54. The first-order valence-electron chi connectivity index (χ1n) is 3.94. The maximum absolute atomic E-state index is 9.50. The first-order valence-corrected chi connectivity index (χ1v) is 3.94. The van der Waals surface area contributed by atoms with E-state index in [9.17, 15) is 5.11 Å². The molecule has 1 heterocycles. The Hall–Kier alpha value is -1.90. The minimum absolute atomic E-state index is 0.225. The van der Waals surface area contributed by atoms with Crippen LogP contribution in [0.5, 0.6) is 5.75 Å². The Kier molecular flexibility index (Phi) is 1.92. The molecule has 0 radical (unpaired) electrons. The second-order valence-corrected chi connectivity index (χ2v) is 2.63. The number of hydrogen-bond donors (Lipinski definition) is 1. The molecule has 13 heavy (non-hydrogen) atoms. The van der Waals surface area contributed by atoms with Crippen LogP contribution in [0.3, 0.4) is 0 Å². The van der Waals surface area contributed by atoms with Crippen molar-refractivity contribution >= 4 is 0 Å². The van der Waals surface area contributed by atoms with Crippen molar-refractivity contribution in [3.05, 3.63) is 42.6 Å². The van der Waals surface area contributed by atoms with E-state index in [1.54, 1.807) is 30.5 Å². The monoisotopic (exact) mass is 172 g/mol. The lowest BCUT2D eigenvalue weighted by Crippen LogP contribution is -1.85. The van der Waals surface area contributed by atoms with Crippen molar-refractivity contribution in [1.29, 1.82) is 0 Å². The predicted molar refractivity (Wildman–Crippen MR) is 49.1 cm³/mol. The molecule has 0 unspecified atom stereocenters. The molecule has 1 aromatic heterocycles. The highest BCUT2D eigenvalue weighted by Gasteiger charge is 2.02. The Morgan fingerprint density at radius 3 is 2.54 bits per heavy atom. The minimum Gasteiger partial charge on any atom is -0.507 e. The van der Waals surface area contributed by atoms with Gasteiger partial charge in [-0.05, 0) is 24.3 Å². The highest BCUT2D eigenvalue weighted by molar-refractivity contribution is 5.65.